The zero-order valence-corrected chi connectivity index (χ0v) is 16.8. The van der Waals surface area contributed by atoms with E-state index >= 15 is 0 Å². The lowest BCUT2D eigenvalue weighted by Gasteiger charge is -2.04. The molecule has 146 valence electrons. The smallest absolute Gasteiger partial charge is 0.345 e. The van der Waals surface area contributed by atoms with Crippen molar-refractivity contribution in [1.82, 2.24) is 9.97 Å². The SMILES string of the molecule is C/C(=N/Nc1ncnc2sc(-c3ccccc3)cc12)c1cc2ccccc2oc1=O. The van der Waals surface area contributed by atoms with Crippen LogP contribution in [0.1, 0.15) is 12.5 Å². The molecule has 5 rings (SSSR count). The molecule has 5 aromatic rings. The van der Waals surface area contributed by atoms with Gasteiger partial charge in [-0.3, -0.25) is 5.43 Å². The second kappa shape index (κ2) is 7.53. The van der Waals surface area contributed by atoms with E-state index in [1.54, 1.807) is 30.4 Å². The fourth-order valence-corrected chi connectivity index (χ4v) is 4.20. The lowest BCUT2D eigenvalue weighted by atomic mass is 10.1. The van der Waals surface area contributed by atoms with Gasteiger partial charge in [0.05, 0.1) is 16.7 Å². The highest BCUT2D eigenvalue weighted by atomic mass is 32.1. The van der Waals surface area contributed by atoms with Crippen molar-refractivity contribution in [3.63, 3.8) is 0 Å². The van der Waals surface area contributed by atoms with Crippen molar-refractivity contribution in [2.75, 3.05) is 5.43 Å². The van der Waals surface area contributed by atoms with Gasteiger partial charge in [0, 0.05) is 10.3 Å². The van der Waals surface area contributed by atoms with E-state index in [1.807, 2.05) is 42.5 Å². The van der Waals surface area contributed by atoms with E-state index in [0.29, 0.717) is 22.7 Å². The molecule has 1 N–H and O–H groups in total. The first-order chi connectivity index (χ1) is 14.7. The summed E-state index contributed by atoms with van der Waals surface area (Å²) in [6.07, 6.45) is 1.51. The number of aromatic nitrogens is 2. The van der Waals surface area contributed by atoms with Crippen LogP contribution in [0.2, 0.25) is 0 Å². The quantitative estimate of drug-likeness (QED) is 0.246. The Kier molecular flexibility index (Phi) is 4.57. The zero-order chi connectivity index (χ0) is 20.5. The van der Waals surface area contributed by atoms with E-state index in [1.165, 1.54) is 6.33 Å². The van der Waals surface area contributed by atoms with Crippen LogP contribution in [-0.2, 0) is 0 Å². The summed E-state index contributed by atoms with van der Waals surface area (Å²) in [5.74, 6) is 0.586. The Bertz CT molecular complexity index is 1450. The van der Waals surface area contributed by atoms with Crippen LogP contribution in [0, 0.1) is 0 Å². The number of thiophene rings is 1. The van der Waals surface area contributed by atoms with Gasteiger partial charge in [-0.05, 0) is 30.7 Å². The number of hydrogen-bond donors (Lipinski definition) is 1. The highest BCUT2D eigenvalue weighted by Crippen LogP contribution is 2.34. The molecule has 0 radical (unpaired) electrons. The lowest BCUT2D eigenvalue weighted by molar-refractivity contribution is 0.559. The van der Waals surface area contributed by atoms with Crippen LogP contribution in [0.3, 0.4) is 0 Å². The molecule has 0 fully saturated rings. The predicted octanol–water partition coefficient (Wildman–Crippen LogP) is 5.30. The van der Waals surface area contributed by atoms with Gasteiger partial charge in [0.25, 0.3) is 0 Å². The molecule has 0 atom stereocenters. The summed E-state index contributed by atoms with van der Waals surface area (Å²) in [4.78, 5) is 23.0. The first-order valence-corrected chi connectivity index (χ1v) is 10.1. The minimum Gasteiger partial charge on any atom is -0.422 e. The molecule has 3 heterocycles. The number of rotatable bonds is 4. The topological polar surface area (TPSA) is 80.4 Å². The molecular formula is C23H16N4O2S. The molecule has 0 bridgehead atoms. The molecule has 0 amide bonds. The van der Waals surface area contributed by atoms with E-state index in [4.69, 9.17) is 4.42 Å². The zero-order valence-electron chi connectivity index (χ0n) is 16.0. The molecule has 0 saturated carbocycles. The summed E-state index contributed by atoms with van der Waals surface area (Å²) in [5, 5.41) is 6.11. The number of hydrazone groups is 1. The monoisotopic (exact) mass is 412 g/mol. The number of fused-ring (bicyclic) bond motifs is 2. The van der Waals surface area contributed by atoms with Crippen molar-refractivity contribution >= 4 is 44.1 Å². The summed E-state index contributed by atoms with van der Waals surface area (Å²) in [6, 6.07) is 21.4. The molecule has 0 aliphatic carbocycles. The van der Waals surface area contributed by atoms with Crippen LogP contribution >= 0.6 is 11.3 Å². The summed E-state index contributed by atoms with van der Waals surface area (Å²) in [5.41, 5.74) is 5.16. The van der Waals surface area contributed by atoms with E-state index in [2.05, 4.69) is 32.6 Å². The van der Waals surface area contributed by atoms with Crippen molar-refractivity contribution in [2.24, 2.45) is 5.10 Å². The third kappa shape index (κ3) is 3.35. The fourth-order valence-electron chi connectivity index (χ4n) is 3.20. The fraction of sp³-hybridized carbons (Fsp3) is 0.0435. The largest absolute Gasteiger partial charge is 0.422 e. The maximum absolute atomic E-state index is 12.4. The average molecular weight is 412 g/mol. The maximum atomic E-state index is 12.4. The Morgan fingerprint density at radius 2 is 1.83 bits per heavy atom. The number of benzene rings is 2. The van der Waals surface area contributed by atoms with Crippen LogP contribution in [0.25, 0.3) is 31.6 Å². The molecule has 3 aromatic heterocycles. The summed E-state index contributed by atoms with van der Waals surface area (Å²) in [7, 11) is 0. The third-order valence-electron chi connectivity index (χ3n) is 4.75. The van der Waals surface area contributed by atoms with Gasteiger partial charge in [0.2, 0.25) is 0 Å². The Morgan fingerprint density at radius 3 is 2.70 bits per heavy atom. The van der Waals surface area contributed by atoms with Crippen LogP contribution in [-0.4, -0.2) is 15.7 Å². The number of para-hydroxylation sites is 1. The van der Waals surface area contributed by atoms with Gasteiger partial charge in [-0.2, -0.15) is 5.10 Å². The summed E-state index contributed by atoms with van der Waals surface area (Å²) in [6.45, 7) is 1.76. The number of anilines is 1. The van der Waals surface area contributed by atoms with Crippen LogP contribution in [0.5, 0.6) is 0 Å². The van der Waals surface area contributed by atoms with Crippen LogP contribution < -0.4 is 11.1 Å². The predicted molar refractivity (Wildman–Crippen MR) is 121 cm³/mol. The summed E-state index contributed by atoms with van der Waals surface area (Å²) < 4.78 is 5.40. The molecule has 2 aromatic carbocycles. The second-order valence-electron chi connectivity index (χ2n) is 6.71. The van der Waals surface area contributed by atoms with Crippen molar-refractivity contribution in [2.45, 2.75) is 6.92 Å². The molecule has 6 nitrogen and oxygen atoms in total. The Hall–Kier alpha value is -3.84. The number of hydrogen-bond acceptors (Lipinski definition) is 7. The van der Waals surface area contributed by atoms with Gasteiger partial charge in [-0.15, -0.1) is 11.3 Å². The molecule has 30 heavy (non-hydrogen) atoms. The first kappa shape index (κ1) is 18.2. The van der Waals surface area contributed by atoms with Crippen molar-refractivity contribution < 1.29 is 4.42 Å². The van der Waals surface area contributed by atoms with E-state index in [0.717, 1.165) is 26.0 Å². The minimum absolute atomic E-state index is 0.404. The van der Waals surface area contributed by atoms with Gasteiger partial charge >= 0.3 is 5.63 Å². The summed E-state index contributed by atoms with van der Waals surface area (Å²) >= 11 is 1.59. The Morgan fingerprint density at radius 1 is 1.03 bits per heavy atom. The Labute approximate surface area is 175 Å². The molecule has 0 aliphatic heterocycles. The minimum atomic E-state index is -0.425. The van der Waals surface area contributed by atoms with Gasteiger partial charge in [0.1, 0.15) is 16.7 Å². The molecule has 0 spiro atoms. The number of nitrogens with one attached hydrogen (secondary N) is 1. The first-order valence-electron chi connectivity index (χ1n) is 9.32. The molecule has 0 aliphatic rings. The lowest BCUT2D eigenvalue weighted by Crippen LogP contribution is -2.13. The normalized spacial score (nSPS) is 11.8. The van der Waals surface area contributed by atoms with Gasteiger partial charge in [-0.25, -0.2) is 14.8 Å². The third-order valence-corrected chi connectivity index (χ3v) is 5.84. The molecule has 0 unspecified atom stereocenters. The highest BCUT2D eigenvalue weighted by Gasteiger charge is 2.11. The average Bonchev–Trinajstić information content (AvgIpc) is 3.22. The van der Waals surface area contributed by atoms with Gasteiger partial charge in [0.15, 0.2) is 5.82 Å². The second-order valence-corrected chi connectivity index (χ2v) is 7.74. The van der Waals surface area contributed by atoms with Gasteiger partial charge < -0.3 is 4.42 Å². The van der Waals surface area contributed by atoms with Crippen molar-refractivity contribution in [1.29, 1.82) is 0 Å². The van der Waals surface area contributed by atoms with E-state index in [9.17, 15) is 4.79 Å². The molecule has 7 heteroatoms. The standard InChI is InChI=1S/C23H16N4O2S/c1-14(17-11-16-9-5-6-10-19(16)29-23(17)28)26-27-21-18-12-20(15-7-3-2-4-8-15)30-22(18)25-13-24-21/h2-13H,1H3,(H,24,25,27)/b26-14-. The van der Waals surface area contributed by atoms with E-state index in [-0.39, 0.29) is 0 Å². The van der Waals surface area contributed by atoms with E-state index < -0.39 is 5.63 Å². The van der Waals surface area contributed by atoms with Gasteiger partial charge in [-0.1, -0.05) is 48.5 Å². The Balaban J connectivity index is 1.50. The number of nitrogens with zero attached hydrogens (tertiary/aromatic N) is 3. The van der Waals surface area contributed by atoms with Crippen LogP contribution in [0.15, 0.2) is 87.4 Å². The van der Waals surface area contributed by atoms with Crippen LogP contribution in [0.4, 0.5) is 5.82 Å². The maximum Gasteiger partial charge on any atom is 0.345 e. The molecular weight excluding hydrogens is 396 g/mol. The van der Waals surface area contributed by atoms with Crippen molar-refractivity contribution in [3.05, 3.63) is 89.0 Å². The molecule has 0 saturated heterocycles. The van der Waals surface area contributed by atoms with Crippen molar-refractivity contribution in [3.8, 4) is 10.4 Å². The highest BCUT2D eigenvalue weighted by molar-refractivity contribution is 7.21.